The van der Waals surface area contributed by atoms with Gasteiger partial charge in [-0.25, -0.2) is 4.98 Å². The van der Waals surface area contributed by atoms with E-state index < -0.39 is 11.7 Å². The molecule has 0 spiro atoms. The van der Waals surface area contributed by atoms with Crippen LogP contribution in [0.1, 0.15) is 22.6 Å². The van der Waals surface area contributed by atoms with Crippen molar-refractivity contribution in [1.29, 1.82) is 0 Å². The Morgan fingerprint density at radius 3 is 2.54 bits per heavy atom. The van der Waals surface area contributed by atoms with Gasteiger partial charge in [0.25, 0.3) is 0 Å². The lowest BCUT2D eigenvalue weighted by molar-refractivity contribution is -0.137. The topological polar surface area (TPSA) is 38.1 Å². The molecule has 3 rings (SSSR count). The first-order valence-corrected chi connectivity index (χ1v) is 8.32. The van der Waals surface area contributed by atoms with Gasteiger partial charge in [-0.05, 0) is 30.7 Å². The maximum Gasteiger partial charge on any atom is 0.416 e. The van der Waals surface area contributed by atoms with Crippen molar-refractivity contribution in [1.82, 2.24) is 10.3 Å². The molecule has 0 radical (unpaired) electrons. The van der Waals surface area contributed by atoms with Gasteiger partial charge >= 0.3 is 6.18 Å². The summed E-state index contributed by atoms with van der Waals surface area (Å²) in [6, 6.07) is 15.0. The average molecular weight is 360 g/mol. The van der Waals surface area contributed by atoms with Crippen LogP contribution in [0.3, 0.4) is 0 Å². The van der Waals surface area contributed by atoms with Crippen LogP contribution in [0, 0.1) is 6.92 Å². The molecular formula is C20H19F3N2O. The fourth-order valence-corrected chi connectivity index (χ4v) is 2.66. The second-order valence-electron chi connectivity index (χ2n) is 6.01. The van der Waals surface area contributed by atoms with E-state index in [0.29, 0.717) is 31.0 Å². The van der Waals surface area contributed by atoms with Gasteiger partial charge < -0.3 is 9.73 Å². The van der Waals surface area contributed by atoms with Crippen LogP contribution in [0.2, 0.25) is 0 Å². The molecule has 0 amide bonds. The van der Waals surface area contributed by atoms with E-state index in [-0.39, 0.29) is 0 Å². The third-order valence-electron chi connectivity index (χ3n) is 4.04. The number of hydrogen-bond donors (Lipinski definition) is 1. The Kier molecular flexibility index (Phi) is 5.42. The lowest BCUT2D eigenvalue weighted by Gasteiger charge is -2.09. The maximum absolute atomic E-state index is 12.7. The number of oxazole rings is 1. The van der Waals surface area contributed by atoms with Crippen LogP contribution in [0.25, 0.3) is 11.5 Å². The molecule has 0 fully saturated rings. The number of hydrogen-bond acceptors (Lipinski definition) is 3. The Bertz CT molecular complexity index is 857. The Morgan fingerprint density at radius 1 is 1.04 bits per heavy atom. The molecule has 0 bridgehead atoms. The smallest absolute Gasteiger partial charge is 0.416 e. The molecule has 1 N–H and O–H groups in total. The van der Waals surface area contributed by atoms with E-state index in [1.165, 1.54) is 12.1 Å². The quantitative estimate of drug-likeness (QED) is 0.629. The van der Waals surface area contributed by atoms with Crippen LogP contribution in [-0.2, 0) is 19.1 Å². The summed E-state index contributed by atoms with van der Waals surface area (Å²) in [5, 5.41) is 3.16. The summed E-state index contributed by atoms with van der Waals surface area (Å²) in [7, 11) is 0. The molecule has 3 aromatic rings. The van der Waals surface area contributed by atoms with Crippen molar-refractivity contribution in [3.05, 3.63) is 77.2 Å². The van der Waals surface area contributed by atoms with Crippen molar-refractivity contribution in [3.8, 4) is 11.5 Å². The minimum Gasteiger partial charge on any atom is -0.441 e. The number of alkyl halides is 3. The van der Waals surface area contributed by atoms with Gasteiger partial charge in [-0.3, -0.25) is 0 Å². The summed E-state index contributed by atoms with van der Waals surface area (Å²) in [6.07, 6.45) is -3.68. The zero-order valence-corrected chi connectivity index (χ0v) is 14.3. The summed E-state index contributed by atoms with van der Waals surface area (Å²) < 4.78 is 43.9. The second-order valence-corrected chi connectivity index (χ2v) is 6.01. The Labute approximate surface area is 149 Å². The van der Waals surface area contributed by atoms with E-state index in [2.05, 4.69) is 10.3 Å². The minimum absolute atomic E-state index is 0.367. The highest BCUT2D eigenvalue weighted by Crippen LogP contribution is 2.29. The monoisotopic (exact) mass is 360 g/mol. The van der Waals surface area contributed by atoms with Gasteiger partial charge in [0.05, 0.1) is 11.3 Å². The highest BCUT2D eigenvalue weighted by molar-refractivity contribution is 5.53. The van der Waals surface area contributed by atoms with Gasteiger partial charge in [0, 0.05) is 25.1 Å². The van der Waals surface area contributed by atoms with E-state index in [9.17, 15) is 13.2 Å². The van der Waals surface area contributed by atoms with Crippen molar-refractivity contribution in [3.63, 3.8) is 0 Å². The highest BCUT2D eigenvalue weighted by Gasteiger charge is 2.30. The molecule has 0 atom stereocenters. The summed E-state index contributed by atoms with van der Waals surface area (Å²) in [6.45, 7) is 2.83. The van der Waals surface area contributed by atoms with Crippen molar-refractivity contribution in [2.24, 2.45) is 0 Å². The fraction of sp³-hybridized carbons (Fsp3) is 0.250. The Morgan fingerprint density at radius 2 is 1.81 bits per heavy atom. The highest BCUT2D eigenvalue weighted by atomic mass is 19.4. The van der Waals surface area contributed by atoms with Crippen LogP contribution >= 0.6 is 0 Å². The summed E-state index contributed by atoms with van der Waals surface area (Å²) in [5.74, 6) is 1.33. The lowest BCUT2D eigenvalue weighted by Crippen LogP contribution is -2.17. The molecule has 136 valence electrons. The number of aromatic nitrogens is 1. The van der Waals surface area contributed by atoms with Crippen molar-refractivity contribution < 1.29 is 17.6 Å². The maximum atomic E-state index is 12.7. The standard InChI is InChI=1S/C20H19F3N2O/c1-14-18(25-19(26-14)16-7-3-2-4-8-16)10-11-24-13-15-6-5-9-17(12-15)20(21,22)23/h2-9,12,24H,10-11,13H2,1H3. The zero-order valence-electron chi connectivity index (χ0n) is 14.3. The lowest BCUT2D eigenvalue weighted by atomic mass is 10.1. The molecule has 3 nitrogen and oxygen atoms in total. The molecule has 0 aliphatic carbocycles. The van der Waals surface area contributed by atoms with Crippen molar-refractivity contribution in [2.75, 3.05) is 6.54 Å². The molecule has 2 aromatic carbocycles. The fourth-order valence-electron chi connectivity index (χ4n) is 2.66. The second kappa shape index (κ2) is 7.74. The predicted molar refractivity (Wildman–Crippen MR) is 93.5 cm³/mol. The first-order valence-electron chi connectivity index (χ1n) is 8.32. The number of nitrogens with zero attached hydrogens (tertiary/aromatic N) is 1. The first kappa shape index (κ1) is 18.2. The normalized spacial score (nSPS) is 11.7. The molecule has 0 unspecified atom stereocenters. The van der Waals surface area contributed by atoms with Gasteiger partial charge in [0.2, 0.25) is 5.89 Å². The molecule has 1 aromatic heterocycles. The number of halogens is 3. The van der Waals surface area contributed by atoms with Gasteiger partial charge in [-0.15, -0.1) is 0 Å². The summed E-state index contributed by atoms with van der Waals surface area (Å²) >= 11 is 0. The van der Waals surface area contributed by atoms with Crippen LogP contribution < -0.4 is 5.32 Å². The van der Waals surface area contributed by atoms with Gasteiger partial charge in [-0.1, -0.05) is 36.4 Å². The first-order chi connectivity index (χ1) is 12.4. The number of nitrogens with one attached hydrogen (secondary N) is 1. The van der Waals surface area contributed by atoms with Gasteiger partial charge in [0.15, 0.2) is 0 Å². The van der Waals surface area contributed by atoms with Gasteiger partial charge in [0.1, 0.15) is 5.76 Å². The van der Waals surface area contributed by atoms with E-state index >= 15 is 0 Å². The molecule has 6 heteroatoms. The molecule has 0 aliphatic rings. The van der Waals surface area contributed by atoms with Crippen LogP contribution in [-0.4, -0.2) is 11.5 Å². The summed E-state index contributed by atoms with van der Waals surface area (Å²) in [4.78, 5) is 4.52. The average Bonchev–Trinajstić information content (AvgIpc) is 3.00. The van der Waals surface area contributed by atoms with E-state index in [1.54, 1.807) is 6.07 Å². The third-order valence-corrected chi connectivity index (χ3v) is 4.04. The van der Waals surface area contributed by atoms with E-state index in [0.717, 1.165) is 23.1 Å². The Balaban J connectivity index is 1.55. The SMILES string of the molecule is Cc1oc(-c2ccccc2)nc1CCNCc1cccc(C(F)(F)F)c1. The molecule has 0 aliphatic heterocycles. The molecule has 1 heterocycles. The van der Waals surface area contributed by atoms with Crippen LogP contribution in [0.5, 0.6) is 0 Å². The Hall–Kier alpha value is -2.60. The largest absolute Gasteiger partial charge is 0.441 e. The molecular weight excluding hydrogens is 341 g/mol. The number of benzene rings is 2. The van der Waals surface area contributed by atoms with Crippen LogP contribution in [0.15, 0.2) is 59.0 Å². The van der Waals surface area contributed by atoms with Gasteiger partial charge in [-0.2, -0.15) is 13.2 Å². The predicted octanol–water partition coefficient (Wildman–Crippen LogP) is 5.00. The van der Waals surface area contributed by atoms with E-state index in [1.807, 2.05) is 37.3 Å². The number of aryl methyl sites for hydroxylation is 1. The van der Waals surface area contributed by atoms with Crippen LogP contribution in [0.4, 0.5) is 13.2 Å². The van der Waals surface area contributed by atoms with E-state index in [4.69, 9.17) is 4.42 Å². The third kappa shape index (κ3) is 4.52. The minimum atomic E-state index is -4.32. The zero-order chi connectivity index (χ0) is 18.6. The number of rotatable bonds is 6. The molecule has 0 saturated heterocycles. The molecule has 0 saturated carbocycles. The van der Waals surface area contributed by atoms with Crippen molar-refractivity contribution in [2.45, 2.75) is 26.1 Å². The van der Waals surface area contributed by atoms with Crippen molar-refractivity contribution >= 4 is 0 Å². The molecule has 26 heavy (non-hydrogen) atoms. The summed E-state index contributed by atoms with van der Waals surface area (Å²) in [5.41, 5.74) is 1.73.